The summed E-state index contributed by atoms with van der Waals surface area (Å²) in [5.74, 6) is -2.95. The Hall–Kier alpha value is -3.51. The van der Waals surface area contributed by atoms with Crippen molar-refractivity contribution in [3.63, 3.8) is 0 Å². The molecule has 5 rings (SSSR count). The van der Waals surface area contributed by atoms with Gasteiger partial charge < -0.3 is 30.8 Å². The van der Waals surface area contributed by atoms with Gasteiger partial charge in [-0.1, -0.05) is 62.5 Å². The molecule has 2 saturated heterocycles. The van der Waals surface area contributed by atoms with E-state index in [0.29, 0.717) is 23.6 Å². The molecule has 48 heavy (non-hydrogen) atoms. The second-order valence-electron chi connectivity index (χ2n) is 15.3. The zero-order valence-electron chi connectivity index (χ0n) is 28.4. The fourth-order valence-corrected chi connectivity index (χ4v) is 7.51. The number of likely N-dealkylation sites (tertiary alicyclic amines) is 1. The number of Topliss-reactive ketones (excluding diaryl/α,β-unsaturated/α-hetero) is 1. The smallest absolute Gasteiger partial charge is 0.287 e. The Kier molecular flexibility index (Phi) is 10.6. The van der Waals surface area contributed by atoms with Crippen LogP contribution in [0.1, 0.15) is 91.5 Å². The van der Waals surface area contributed by atoms with E-state index in [1.165, 1.54) is 4.90 Å². The number of primary amides is 1. The number of hydrogen-bond acceptors (Lipinski definition) is 8. The van der Waals surface area contributed by atoms with E-state index in [0.717, 1.165) is 31.2 Å². The number of carbonyl (C=O) groups excluding carboxylic acids is 5. The van der Waals surface area contributed by atoms with Gasteiger partial charge in [0.1, 0.15) is 12.1 Å². The third kappa shape index (κ3) is 8.55. The summed E-state index contributed by atoms with van der Waals surface area (Å²) < 4.78 is 5.84. The number of amides is 4. The third-order valence-electron chi connectivity index (χ3n) is 9.81. The van der Waals surface area contributed by atoms with Crippen LogP contribution >= 0.6 is 11.6 Å². The molecule has 262 valence electrons. The Morgan fingerprint density at radius 3 is 2.38 bits per heavy atom. The van der Waals surface area contributed by atoms with Gasteiger partial charge in [-0.3, -0.25) is 24.0 Å². The number of halogens is 1. The van der Waals surface area contributed by atoms with Crippen LogP contribution in [0.2, 0.25) is 5.02 Å². The largest absolute Gasteiger partial charge is 0.387 e. The summed E-state index contributed by atoms with van der Waals surface area (Å²) >= 11 is 6.23. The molecular weight excluding hydrogens is 638 g/mol. The minimum Gasteiger partial charge on any atom is -0.387 e. The maximum Gasteiger partial charge on any atom is 0.287 e. The fourth-order valence-electron chi connectivity index (χ4n) is 7.32. The number of nitrogens with zero attached hydrogens (tertiary/aromatic N) is 2. The summed E-state index contributed by atoms with van der Waals surface area (Å²) in [4.78, 5) is 74.1. The van der Waals surface area contributed by atoms with Gasteiger partial charge in [-0.2, -0.15) is 0 Å². The van der Waals surface area contributed by atoms with E-state index < -0.39 is 52.6 Å². The second-order valence-corrected chi connectivity index (χ2v) is 15.8. The lowest BCUT2D eigenvalue weighted by Gasteiger charge is -2.36. The van der Waals surface area contributed by atoms with Crippen molar-refractivity contribution in [3.8, 4) is 0 Å². The molecule has 0 bridgehead atoms. The molecule has 3 aliphatic heterocycles. The monoisotopic (exact) mass is 685 g/mol. The Morgan fingerprint density at radius 1 is 1.08 bits per heavy atom. The topological polar surface area (TPSA) is 169 Å². The van der Waals surface area contributed by atoms with Crippen LogP contribution in [0.25, 0.3) is 0 Å². The second kappa shape index (κ2) is 14.2. The lowest BCUT2D eigenvalue weighted by atomic mass is 9.84. The molecule has 3 fully saturated rings. The highest BCUT2D eigenvalue weighted by atomic mass is 35.5. The Morgan fingerprint density at radius 2 is 1.77 bits per heavy atom. The van der Waals surface area contributed by atoms with Gasteiger partial charge in [0.2, 0.25) is 23.5 Å². The molecule has 1 saturated carbocycles. The van der Waals surface area contributed by atoms with Gasteiger partial charge in [0.15, 0.2) is 5.60 Å². The first-order valence-electron chi connectivity index (χ1n) is 16.9. The summed E-state index contributed by atoms with van der Waals surface area (Å²) in [7, 11) is 0. The summed E-state index contributed by atoms with van der Waals surface area (Å²) in [5, 5.41) is 10.6. The lowest BCUT2D eigenvalue weighted by molar-refractivity contribution is -0.145. The quantitative estimate of drug-likeness (QED) is 0.300. The molecule has 12 nitrogen and oxygen atoms in total. The highest BCUT2D eigenvalue weighted by Gasteiger charge is 2.56. The highest BCUT2D eigenvalue weighted by molar-refractivity contribution is 6.37. The van der Waals surface area contributed by atoms with Crippen molar-refractivity contribution in [2.75, 3.05) is 6.54 Å². The number of oxime groups is 1. The SMILES string of the molecule is C[C@@H]1CC(CC(=O)N[C@H](C(=O)N2C[C@@]3(CC(c4cccc(Cl)c4)=NO3)C[C@H]2C(=O)N[C@@H](CC2CC2)C(=O)C(N)=O)C(C)(C)C)C[C@H](C)O1. The average Bonchev–Trinajstić information content (AvgIpc) is 3.59. The van der Waals surface area contributed by atoms with Crippen LogP contribution in [0.3, 0.4) is 0 Å². The molecule has 3 heterocycles. The zero-order valence-corrected chi connectivity index (χ0v) is 29.2. The first-order valence-corrected chi connectivity index (χ1v) is 17.3. The molecule has 13 heteroatoms. The number of ketones is 1. The number of carbonyl (C=O) groups is 5. The molecule has 1 aromatic carbocycles. The number of ether oxygens (including phenoxy) is 1. The molecule has 4 N–H and O–H groups in total. The van der Waals surface area contributed by atoms with Crippen LogP contribution < -0.4 is 16.4 Å². The van der Waals surface area contributed by atoms with Gasteiger partial charge in [-0.15, -0.1) is 0 Å². The van der Waals surface area contributed by atoms with Gasteiger partial charge in [0.05, 0.1) is 30.5 Å². The predicted molar refractivity (Wildman–Crippen MR) is 179 cm³/mol. The van der Waals surface area contributed by atoms with Crippen molar-refractivity contribution in [3.05, 3.63) is 34.9 Å². The van der Waals surface area contributed by atoms with E-state index in [4.69, 9.17) is 26.9 Å². The number of benzene rings is 1. The van der Waals surface area contributed by atoms with Crippen LogP contribution in [0.5, 0.6) is 0 Å². The molecular formula is C35H48ClN5O7. The summed E-state index contributed by atoms with van der Waals surface area (Å²) in [6.45, 7) is 9.59. The van der Waals surface area contributed by atoms with Gasteiger partial charge >= 0.3 is 0 Å². The summed E-state index contributed by atoms with van der Waals surface area (Å²) in [5.41, 5.74) is 4.98. The Bertz CT molecular complexity index is 1460. The lowest BCUT2D eigenvalue weighted by Crippen LogP contribution is -2.59. The third-order valence-corrected chi connectivity index (χ3v) is 10.0. The van der Waals surface area contributed by atoms with Gasteiger partial charge in [0, 0.05) is 29.8 Å². The van der Waals surface area contributed by atoms with E-state index in [-0.39, 0.29) is 49.3 Å². The highest BCUT2D eigenvalue weighted by Crippen LogP contribution is 2.41. The predicted octanol–water partition coefficient (Wildman–Crippen LogP) is 3.27. The zero-order chi connectivity index (χ0) is 35.0. The summed E-state index contributed by atoms with van der Waals surface area (Å²) in [6, 6.07) is 4.07. The Labute approximate surface area is 286 Å². The average molecular weight is 686 g/mol. The number of hydrogen-bond donors (Lipinski definition) is 3. The van der Waals surface area contributed by atoms with Gasteiger partial charge in [0.25, 0.3) is 5.91 Å². The molecule has 7 atom stereocenters. The van der Waals surface area contributed by atoms with Crippen molar-refractivity contribution in [2.45, 2.75) is 122 Å². The van der Waals surface area contributed by atoms with Gasteiger partial charge in [-0.25, -0.2) is 0 Å². The van der Waals surface area contributed by atoms with E-state index in [1.807, 2.05) is 40.7 Å². The van der Waals surface area contributed by atoms with E-state index in [1.54, 1.807) is 18.2 Å². The van der Waals surface area contributed by atoms with Crippen LogP contribution in [0.15, 0.2) is 29.4 Å². The van der Waals surface area contributed by atoms with Crippen LogP contribution in [0, 0.1) is 17.3 Å². The molecule has 1 aromatic rings. The summed E-state index contributed by atoms with van der Waals surface area (Å²) in [6.07, 6.45) is 4.32. The van der Waals surface area contributed by atoms with E-state index >= 15 is 0 Å². The molecule has 0 aromatic heterocycles. The van der Waals surface area contributed by atoms with E-state index in [9.17, 15) is 24.0 Å². The van der Waals surface area contributed by atoms with Gasteiger partial charge in [-0.05, 0) is 62.5 Å². The van der Waals surface area contributed by atoms with E-state index in [2.05, 4.69) is 15.8 Å². The molecule has 4 aliphatic rings. The normalized spacial score (nSPS) is 28.3. The van der Waals surface area contributed by atoms with Crippen LogP contribution in [-0.4, -0.2) is 82.5 Å². The standard InChI is InChI=1S/C35H48ClN5O7/c1-19-11-22(12-20(2)47-19)14-28(42)39-30(34(3,4)5)33(46)41-18-35(16-26(40-48-35)23-7-6-8-24(36)15-23)17-27(41)32(45)38-25(13-21-9-10-21)29(43)31(37)44/h6-8,15,19-22,25,27,30H,9-14,16-18H2,1-5H3,(H2,37,44)(H,38,45)(H,39,42)/t19-,20+,22?,25-,27-,30+,35+/m0/s1. The fraction of sp³-hybridized carbons (Fsp3) is 0.657. The number of rotatable bonds is 11. The van der Waals surface area contributed by atoms with Crippen LogP contribution in [0.4, 0.5) is 0 Å². The molecule has 1 spiro atoms. The first kappa shape index (κ1) is 35.8. The maximum atomic E-state index is 14.6. The molecule has 1 aliphatic carbocycles. The maximum absolute atomic E-state index is 14.6. The number of nitrogens with one attached hydrogen (secondary N) is 2. The Balaban J connectivity index is 1.39. The molecule has 0 radical (unpaired) electrons. The van der Waals surface area contributed by atoms with Crippen molar-refractivity contribution >= 4 is 46.7 Å². The van der Waals surface area contributed by atoms with Crippen molar-refractivity contribution in [2.24, 2.45) is 28.1 Å². The minimum absolute atomic E-state index is 0.0198. The minimum atomic E-state index is -1.13. The molecule has 1 unspecified atom stereocenters. The van der Waals surface area contributed by atoms with Crippen molar-refractivity contribution in [1.29, 1.82) is 0 Å². The number of nitrogens with two attached hydrogens (primary N) is 1. The van der Waals surface area contributed by atoms with Crippen molar-refractivity contribution < 1.29 is 33.5 Å². The van der Waals surface area contributed by atoms with Crippen LogP contribution in [-0.2, 0) is 33.5 Å². The van der Waals surface area contributed by atoms with Crippen molar-refractivity contribution in [1.82, 2.24) is 15.5 Å². The first-order chi connectivity index (χ1) is 22.5. The molecule has 4 amide bonds.